The number of nitrogens with one attached hydrogen (secondary N) is 1. The second kappa shape index (κ2) is 7.25. The van der Waals surface area contributed by atoms with Crippen LogP contribution in [0.1, 0.15) is 31.2 Å². The Hall–Kier alpha value is -1.40. The van der Waals surface area contributed by atoms with Crippen molar-refractivity contribution in [2.45, 2.75) is 32.4 Å². The number of nitrogens with two attached hydrogens (primary N) is 1. The molecule has 0 bridgehead atoms. The largest absolute Gasteiger partial charge is 0.469 e. The van der Waals surface area contributed by atoms with Gasteiger partial charge in [-0.1, -0.05) is 19.9 Å². The first kappa shape index (κ1) is 15.7. The number of amides is 1. The van der Waals surface area contributed by atoms with E-state index in [0.717, 1.165) is 4.88 Å². The maximum absolute atomic E-state index is 12.0. The van der Waals surface area contributed by atoms with Crippen LogP contribution < -0.4 is 11.1 Å². The van der Waals surface area contributed by atoms with Gasteiger partial charge in [-0.3, -0.25) is 9.59 Å². The lowest BCUT2D eigenvalue weighted by Gasteiger charge is -2.21. The molecular weight excluding hydrogens is 264 g/mol. The number of carbonyl (C=O) groups is 2. The van der Waals surface area contributed by atoms with Gasteiger partial charge < -0.3 is 15.8 Å². The molecular formula is C13H20N2O3S. The Bertz CT molecular complexity index is 418. The molecule has 0 aliphatic carbocycles. The van der Waals surface area contributed by atoms with Crippen molar-refractivity contribution < 1.29 is 14.3 Å². The smallest absolute Gasteiger partial charge is 0.307 e. The number of ether oxygens (including phenoxy) is 1. The highest BCUT2D eigenvalue weighted by atomic mass is 32.1. The second-order valence-electron chi connectivity index (χ2n) is 4.63. The molecule has 19 heavy (non-hydrogen) atoms. The number of thiophene rings is 1. The van der Waals surface area contributed by atoms with Gasteiger partial charge in [0.2, 0.25) is 5.91 Å². The van der Waals surface area contributed by atoms with E-state index in [-0.39, 0.29) is 30.3 Å². The number of esters is 1. The molecule has 6 heteroatoms. The van der Waals surface area contributed by atoms with E-state index in [2.05, 4.69) is 10.1 Å². The first-order chi connectivity index (χ1) is 8.95. The van der Waals surface area contributed by atoms with E-state index in [1.807, 2.05) is 31.4 Å². The Morgan fingerprint density at radius 3 is 2.63 bits per heavy atom. The summed E-state index contributed by atoms with van der Waals surface area (Å²) in [5, 5.41) is 4.71. The van der Waals surface area contributed by atoms with Crippen LogP contribution in [0.25, 0.3) is 0 Å². The zero-order chi connectivity index (χ0) is 14.4. The molecule has 0 spiro atoms. The van der Waals surface area contributed by atoms with E-state index >= 15 is 0 Å². The monoisotopic (exact) mass is 284 g/mol. The predicted molar refractivity (Wildman–Crippen MR) is 74.6 cm³/mol. The van der Waals surface area contributed by atoms with E-state index in [9.17, 15) is 9.59 Å². The van der Waals surface area contributed by atoms with Crippen LogP contribution >= 0.6 is 11.3 Å². The Balaban J connectivity index is 2.75. The molecule has 0 saturated carbocycles. The summed E-state index contributed by atoms with van der Waals surface area (Å²) in [6, 6.07) is 2.78. The molecule has 1 aromatic rings. The van der Waals surface area contributed by atoms with Crippen LogP contribution in [0.15, 0.2) is 17.5 Å². The van der Waals surface area contributed by atoms with Crippen LogP contribution in [0, 0.1) is 5.92 Å². The number of rotatable bonds is 6. The van der Waals surface area contributed by atoms with Crippen molar-refractivity contribution in [1.82, 2.24) is 5.32 Å². The van der Waals surface area contributed by atoms with Gasteiger partial charge >= 0.3 is 5.97 Å². The van der Waals surface area contributed by atoms with Gasteiger partial charge in [-0.25, -0.2) is 0 Å². The van der Waals surface area contributed by atoms with E-state index in [0.29, 0.717) is 0 Å². The summed E-state index contributed by atoms with van der Waals surface area (Å²) >= 11 is 1.48. The number of hydrogen-bond acceptors (Lipinski definition) is 5. The maximum atomic E-state index is 12.0. The average molecular weight is 284 g/mol. The summed E-state index contributed by atoms with van der Waals surface area (Å²) in [5.41, 5.74) is 5.80. The fraction of sp³-hybridized carbons (Fsp3) is 0.538. The minimum absolute atomic E-state index is 0.0436. The van der Waals surface area contributed by atoms with E-state index < -0.39 is 6.04 Å². The van der Waals surface area contributed by atoms with Crippen molar-refractivity contribution >= 4 is 23.2 Å². The molecule has 0 aliphatic rings. The van der Waals surface area contributed by atoms with Crippen molar-refractivity contribution in [3.05, 3.63) is 22.4 Å². The molecule has 5 nitrogen and oxygen atoms in total. The number of carbonyl (C=O) groups excluding carboxylic acids is 2. The lowest BCUT2D eigenvalue weighted by molar-refractivity contribution is -0.141. The van der Waals surface area contributed by atoms with Gasteiger partial charge in [-0.15, -0.1) is 11.3 Å². The third-order valence-electron chi connectivity index (χ3n) is 2.82. The summed E-state index contributed by atoms with van der Waals surface area (Å²) in [6.07, 6.45) is 0.105. The summed E-state index contributed by atoms with van der Waals surface area (Å²) < 4.78 is 4.65. The van der Waals surface area contributed by atoms with Crippen molar-refractivity contribution in [2.24, 2.45) is 11.7 Å². The quantitative estimate of drug-likeness (QED) is 0.775. The maximum Gasteiger partial charge on any atom is 0.307 e. The zero-order valence-corrected chi connectivity index (χ0v) is 12.2. The van der Waals surface area contributed by atoms with Crippen molar-refractivity contribution in [3.8, 4) is 0 Å². The molecule has 0 fully saturated rings. The van der Waals surface area contributed by atoms with Gasteiger partial charge in [0.1, 0.15) is 0 Å². The third kappa shape index (κ3) is 4.65. The molecule has 0 aromatic carbocycles. The van der Waals surface area contributed by atoms with Gasteiger partial charge in [0.25, 0.3) is 0 Å². The van der Waals surface area contributed by atoms with Crippen LogP contribution in [-0.4, -0.2) is 25.0 Å². The van der Waals surface area contributed by atoms with Crippen molar-refractivity contribution in [3.63, 3.8) is 0 Å². The van der Waals surface area contributed by atoms with Crippen LogP contribution in [0.4, 0.5) is 0 Å². The normalized spacial score (nSPS) is 13.9. The first-order valence-corrected chi connectivity index (χ1v) is 6.99. The lowest BCUT2D eigenvalue weighted by Crippen LogP contribution is -2.45. The fourth-order valence-electron chi connectivity index (χ4n) is 1.53. The van der Waals surface area contributed by atoms with Crippen LogP contribution in [0.3, 0.4) is 0 Å². The summed E-state index contributed by atoms with van der Waals surface area (Å²) in [5.74, 6) is -0.573. The highest BCUT2D eigenvalue weighted by molar-refractivity contribution is 7.10. The van der Waals surface area contributed by atoms with Crippen molar-refractivity contribution in [1.29, 1.82) is 0 Å². The molecule has 0 saturated heterocycles. The van der Waals surface area contributed by atoms with Gasteiger partial charge in [-0.2, -0.15) is 0 Å². The van der Waals surface area contributed by atoms with Gasteiger partial charge in [0, 0.05) is 4.88 Å². The molecule has 2 unspecified atom stereocenters. The van der Waals surface area contributed by atoms with Gasteiger partial charge in [0.05, 0.1) is 25.6 Å². The Morgan fingerprint density at radius 1 is 1.47 bits per heavy atom. The second-order valence-corrected chi connectivity index (χ2v) is 5.61. The van der Waals surface area contributed by atoms with Crippen LogP contribution in [0.5, 0.6) is 0 Å². The minimum Gasteiger partial charge on any atom is -0.469 e. The molecule has 1 aromatic heterocycles. The van der Waals surface area contributed by atoms with Gasteiger partial charge in [0.15, 0.2) is 0 Å². The molecule has 0 aliphatic heterocycles. The van der Waals surface area contributed by atoms with E-state index in [4.69, 9.17) is 5.73 Å². The first-order valence-electron chi connectivity index (χ1n) is 6.11. The molecule has 106 valence electrons. The molecule has 1 amide bonds. The van der Waals surface area contributed by atoms with Crippen molar-refractivity contribution in [2.75, 3.05) is 7.11 Å². The summed E-state index contributed by atoms with van der Waals surface area (Å²) in [7, 11) is 1.33. The molecule has 0 radical (unpaired) electrons. The highest BCUT2D eigenvalue weighted by Crippen LogP contribution is 2.22. The SMILES string of the molecule is COC(=O)CC(NC(=O)C(N)C(C)C)c1cccs1. The lowest BCUT2D eigenvalue weighted by atomic mass is 10.0. The number of hydrogen-bond donors (Lipinski definition) is 2. The third-order valence-corrected chi connectivity index (χ3v) is 3.81. The molecule has 2 atom stereocenters. The van der Waals surface area contributed by atoms with E-state index in [1.54, 1.807) is 0 Å². The van der Waals surface area contributed by atoms with Crippen LogP contribution in [0.2, 0.25) is 0 Å². The average Bonchev–Trinajstić information content (AvgIpc) is 2.90. The Morgan fingerprint density at radius 2 is 2.16 bits per heavy atom. The molecule has 1 heterocycles. The predicted octanol–water partition coefficient (Wildman–Crippen LogP) is 1.45. The Labute approximate surface area is 117 Å². The standard InChI is InChI=1S/C13H20N2O3S/c1-8(2)12(14)13(17)15-9(7-11(16)18-3)10-5-4-6-19-10/h4-6,8-9,12H,7,14H2,1-3H3,(H,15,17). The van der Waals surface area contributed by atoms with Gasteiger partial charge in [-0.05, 0) is 17.4 Å². The van der Waals surface area contributed by atoms with Crippen LogP contribution in [-0.2, 0) is 14.3 Å². The minimum atomic E-state index is -0.583. The molecule has 1 rings (SSSR count). The van der Waals surface area contributed by atoms with E-state index in [1.165, 1.54) is 18.4 Å². The Kier molecular flexibility index (Phi) is 5.98. The summed E-state index contributed by atoms with van der Waals surface area (Å²) in [4.78, 5) is 24.3. The number of methoxy groups -OCH3 is 1. The zero-order valence-electron chi connectivity index (χ0n) is 11.4. The molecule has 3 N–H and O–H groups in total. The topological polar surface area (TPSA) is 81.4 Å². The fourth-order valence-corrected chi connectivity index (χ4v) is 2.31. The highest BCUT2D eigenvalue weighted by Gasteiger charge is 2.24. The summed E-state index contributed by atoms with van der Waals surface area (Å²) in [6.45, 7) is 3.76.